The van der Waals surface area contributed by atoms with Crippen molar-refractivity contribution < 1.29 is 19.1 Å². The standard InChI is InChI=1S/C23H34N2O4/c1-15-21-22(27)18-7-6-17(24-20(26)14-29-11-10-28-3)12-19(18)23(15,2)8-9-25(21)13-16-4-5-16/h6-7,12,15-16,18-19,21H,4-5,8-11,13-14H2,1-3H3,(H,24,26)/t15-,18?,19?,21?,23+/m0/s1. The summed E-state index contributed by atoms with van der Waals surface area (Å²) in [6.45, 7) is 7.55. The SMILES string of the molecule is COCCOCC(=O)NC1=CC2C(C=C1)C(=O)C1[C@H](C)[C@@]2(C)CCN1CC1CC1. The van der Waals surface area contributed by atoms with Crippen LogP contribution in [0.5, 0.6) is 0 Å². The molecule has 0 radical (unpaired) electrons. The third-order valence-electron chi connectivity index (χ3n) is 7.59. The highest BCUT2D eigenvalue weighted by molar-refractivity contribution is 5.90. The van der Waals surface area contributed by atoms with Gasteiger partial charge in [0.05, 0.1) is 19.3 Å². The number of carbonyl (C=O) groups is 2. The average Bonchev–Trinajstić information content (AvgIpc) is 3.51. The monoisotopic (exact) mass is 402 g/mol. The van der Waals surface area contributed by atoms with Gasteiger partial charge in [-0.25, -0.2) is 0 Å². The van der Waals surface area contributed by atoms with E-state index in [1.54, 1.807) is 7.11 Å². The quantitative estimate of drug-likeness (QED) is 0.630. The predicted octanol–water partition coefficient (Wildman–Crippen LogP) is 2.16. The van der Waals surface area contributed by atoms with Crippen LogP contribution in [-0.4, -0.2) is 62.7 Å². The van der Waals surface area contributed by atoms with Crippen LogP contribution in [0.2, 0.25) is 0 Å². The molecule has 5 atom stereocenters. The highest BCUT2D eigenvalue weighted by Crippen LogP contribution is 2.55. The molecule has 1 N–H and O–H groups in total. The van der Waals surface area contributed by atoms with Crippen LogP contribution in [-0.2, 0) is 19.1 Å². The number of fused-ring (bicyclic) bond motifs is 4. The Kier molecular flexibility index (Phi) is 5.96. The van der Waals surface area contributed by atoms with Crippen molar-refractivity contribution in [1.82, 2.24) is 10.2 Å². The van der Waals surface area contributed by atoms with Gasteiger partial charge in [0.25, 0.3) is 0 Å². The number of ether oxygens (including phenoxy) is 2. The fourth-order valence-electron chi connectivity index (χ4n) is 5.50. The molecule has 0 aromatic rings. The van der Waals surface area contributed by atoms with Gasteiger partial charge in [-0.3, -0.25) is 14.5 Å². The molecule has 1 saturated heterocycles. The normalized spacial score (nSPS) is 36.5. The van der Waals surface area contributed by atoms with Gasteiger partial charge in [0.2, 0.25) is 5.91 Å². The van der Waals surface area contributed by atoms with Crippen LogP contribution in [0.25, 0.3) is 0 Å². The summed E-state index contributed by atoms with van der Waals surface area (Å²) in [6.07, 6.45) is 9.76. The van der Waals surface area contributed by atoms with Crippen molar-refractivity contribution in [2.75, 3.05) is 40.0 Å². The molecule has 1 amide bonds. The molecular weight excluding hydrogens is 368 g/mol. The zero-order chi connectivity index (χ0) is 20.6. The molecule has 4 aliphatic rings. The lowest BCUT2D eigenvalue weighted by Gasteiger charge is -2.58. The van der Waals surface area contributed by atoms with E-state index in [0.717, 1.165) is 31.1 Å². The van der Waals surface area contributed by atoms with Gasteiger partial charge in [0, 0.05) is 25.3 Å². The first-order valence-electron chi connectivity index (χ1n) is 11.0. The molecule has 160 valence electrons. The van der Waals surface area contributed by atoms with Crippen molar-refractivity contribution in [3.8, 4) is 0 Å². The maximum Gasteiger partial charge on any atom is 0.250 e. The number of nitrogens with zero attached hydrogens (tertiary/aromatic N) is 1. The van der Waals surface area contributed by atoms with Gasteiger partial charge in [-0.2, -0.15) is 0 Å². The topological polar surface area (TPSA) is 67.9 Å². The van der Waals surface area contributed by atoms with E-state index < -0.39 is 0 Å². The van der Waals surface area contributed by atoms with Crippen molar-refractivity contribution in [2.24, 2.45) is 29.1 Å². The first-order valence-corrected chi connectivity index (χ1v) is 11.0. The minimum atomic E-state index is -0.173. The van der Waals surface area contributed by atoms with Crippen LogP contribution in [0.3, 0.4) is 0 Å². The van der Waals surface area contributed by atoms with Gasteiger partial charge in [0.15, 0.2) is 5.78 Å². The lowest BCUT2D eigenvalue weighted by molar-refractivity contribution is -0.150. The van der Waals surface area contributed by atoms with E-state index in [1.807, 2.05) is 12.2 Å². The number of rotatable bonds is 8. The third kappa shape index (κ3) is 4.07. The Morgan fingerprint density at radius 3 is 2.86 bits per heavy atom. The van der Waals surface area contributed by atoms with Gasteiger partial charge in [0.1, 0.15) is 6.61 Å². The molecule has 6 nitrogen and oxygen atoms in total. The Labute approximate surface area is 173 Å². The van der Waals surface area contributed by atoms with E-state index in [1.165, 1.54) is 12.8 Å². The summed E-state index contributed by atoms with van der Waals surface area (Å²) in [7, 11) is 1.60. The summed E-state index contributed by atoms with van der Waals surface area (Å²) >= 11 is 0. The molecule has 2 saturated carbocycles. The number of carbonyl (C=O) groups excluding carboxylic acids is 2. The third-order valence-corrected chi connectivity index (χ3v) is 7.59. The molecule has 4 rings (SSSR count). The highest BCUT2D eigenvalue weighted by atomic mass is 16.5. The Balaban J connectivity index is 1.45. The van der Waals surface area contributed by atoms with Gasteiger partial charge >= 0.3 is 0 Å². The second-order valence-corrected chi connectivity index (χ2v) is 9.46. The van der Waals surface area contributed by atoms with Crippen molar-refractivity contribution >= 4 is 11.7 Å². The number of piperidine rings is 1. The predicted molar refractivity (Wildman–Crippen MR) is 110 cm³/mol. The lowest BCUT2D eigenvalue weighted by atomic mass is 9.51. The van der Waals surface area contributed by atoms with E-state index in [0.29, 0.717) is 24.9 Å². The summed E-state index contributed by atoms with van der Waals surface area (Å²) < 4.78 is 10.2. The summed E-state index contributed by atoms with van der Waals surface area (Å²) in [5.41, 5.74) is 0.852. The molecule has 2 bridgehead atoms. The number of hydrogen-bond acceptors (Lipinski definition) is 5. The van der Waals surface area contributed by atoms with E-state index >= 15 is 0 Å². The van der Waals surface area contributed by atoms with Gasteiger partial charge < -0.3 is 14.8 Å². The number of ketones is 1. The molecular formula is C23H34N2O4. The van der Waals surface area contributed by atoms with Crippen molar-refractivity contribution in [2.45, 2.75) is 39.2 Å². The second kappa shape index (κ2) is 8.32. The van der Waals surface area contributed by atoms with Gasteiger partial charge in [-0.1, -0.05) is 26.0 Å². The van der Waals surface area contributed by atoms with Gasteiger partial charge in [-0.15, -0.1) is 0 Å². The van der Waals surface area contributed by atoms with Crippen LogP contribution in [0, 0.1) is 29.1 Å². The number of methoxy groups -OCH3 is 1. The number of Topliss-reactive ketones (excluding diaryl/α,β-unsaturated/α-hetero) is 1. The summed E-state index contributed by atoms with van der Waals surface area (Å²) in [4.78, 5) is 28.1. The Hall–Kier alpha value is -1.50. The van der Waals surface area contributed by atoms with Crippen LogP contribution < -0.4 is 5.32 Å². The molecule has 29 heavy (non-hydrogen) atoms. The van der Waals surface area contributed by atoms with Crippen molar-refractivity contribution in [1.29, 1.82) is 0 Å². The maximum atomic E-state index is 13.4. The molecule has 1 heterocycles. The molecule has 0 spiro atoms. The number of likely N-dealkylation sites (tertiary alicyclic amines) is 1. The number of amides is 1. The Morgan fingerprint density at radius 1 is 1.34 bits per heavy atom. The lowest BCUT2D eigenvalue weighted by Crippen LogP contribution is -2.65. The molecule has 3 fully saturated rings. The summed E-state index contributed by atoms with van der Waals surface area (Å²) in [6, 6.07) is 0.0407. The zero-order valence-corrected chi connectivity index (χ0v) is 17.9. The Bertz CT molecular complexity index is 714. The minimum Gasteiger partial charge on any atom is -0.382 e. The summed E-state index contributed by atoms with van der Waals surface area (Å²) in [5.74, 6) is 1.36. The van der Waals surface area contributed by atoms with Crippen molar-refractivity contribution in [3.05, 3.63) is 23.9 Å². The van der Waals surface area contributed by atoms with Crippen molar-refractivity contribution in [3.63, 3.8) is 0 Å². The minimum absolute atomic E-state index is 0.00738. The number of allylic oxidation sites excluding steroid dienone is 3. The smallest absolute Gasteiger partial charge is 0.250 e. The molecule has 3 aliphatic carbocycles. The molecule has 3 unspecified atom stereocenters. The largest absolute Gasteiger partial charge is 0.382 e. The van der Waals surface area contributed by atoms with E-state index in [2.05, 4.69) is 30.1 Å². The molecule has 6 heteroatoms. The van der Waals surface area contributed by atoms with E-state index in [-0.39, 0.29) is 35.8 Å². The van der Waals surface area contributed by atoms with E-state index in [9.17, 15) is 9.59 Å². The number of hydrogen-bond donors (Lipinski definition) is 1. The van der Waals surface area contributed by atoms with Crippen LogP contribution >= 0.6 is 0 Å². The molecule has 0 aromatic carbocycles. The average molecular weight is 403 g/mol. The number of nitrogens with one attached hydrogen (secondary N) is 1. The Morgan fingerprint density at radius 2 is 2.14 bits per heavy atom. The van der Waals surface area contributed by atoms with E-state index in [4.69, 9.17) is 9.47 Å². The van der Waals surface area contributed by atoms with Crippen LogP contribution in [0.1, 0.15) is 33.1 Å². The first kappa shape index (κ1) is 20.8. The highest BCUT2D eigenvalue weighted by Gasteiger charge is 2.58. The first-order chi connectivity index (χ1) is 13.9. The molecule has 0 aromatic heterocycles. The fraction of sp³-hybridized carbons (Fsp3) is 0.739. The molecule has 1 aliphatic heterocycles. The van der Waals surface area contributed by atoms with Crippen LogP contribution in [0.15, 0.2) is 23.9 Å². The van der Waals surface area contributed by atoms with Gasteiger partial charge in [-0.05, 0) is 55.1 Å². The zero-order valence-electron chi connectivity index (χ0n) is 17.9. The van der Waals surface area contributed by atoms with Crippen LogP contribution in [0.4, 0.5) is 0 Å². The maximum absolute atomic E-state index is 13.4. The summed E-state index contributed by atoms with van der Waals surface area (Å²) in [5, 5.41) is 2.94. The second-order valence-electron chi connectivity index (χ2n) is 9.46. The fourth-order valence-corrected chi connectivity index (χ4v) is 5.50.